The van der Waals surface area contributed by atoms with Gasteiger partial charge in [-0.15, -0.1) is 12.4 Å². The molecular formula is C11H16ClNO. The zero-order valence-corrected chi connectivity index (χ0v) is 9.14. The molecule has 2 rings (SSSR count). The lowest BCUT2D eigenvalue weighted by Gasteiger charge is -2.05. The average molecular weight is 214 g/mol. The van der Waals surface area contributed by atoms with Crippen molar-refractivity contribution in [2.75, 3.05) is 19.0 Å². The molecule has 0 bridgehead atoms. The van der Waals surface area contributed by atoms with Crippen molar-refractivity contribution < 1.29 is 4.74 Å². The SMILES string of the molecule is COc1ccc(NCC2CC2)cc1.Cl. The van der Waals surface area contributed by atoms with Gasteiger partial charge in [0.25, 0.3) is 0 Å². The van der Waals surface area contributed by atoms with Crippen LogP contribution < -0.4 is 10.1 Å². The average Bonchev–Trinajstić information content (AvgIpc) is 2.99. The molecule has 3 heteroatoms. The summed E-state index contributed by atoms with van der Waals surface area (Å²) in [4.78, 5) is 0. The molecule has 1 N–H and O–H groups in total. The predicted octanol–water partition coefficient (Wildman–Crippen LogP) is 2.94. The zero-order chi connectivity index (χ0) is 9.10. The summed E-state index contributed by atoms with van der Waals surface area (Å²) in [6, 6.07) is 8.08. The Bertz CT molecular complexity index is 269. The molecule has 0 aromatic heterocycles. The van der Waals surface area contributed by atoms with Gasteiger partial charge in [-0.3, -0.25) is 0 Å². The molecule has 1 aromatic carbocycles. The van der Waals surface area contributed by atoms with Crippen molar-refractivity contribution in [2.24, 2.45) is 5.92 Å². The lowest BCUT2D eigenvalue weighted by Crippen LogP contribution is -2.02. The van der Waals surface area contributed by atoms with E-state index in [0.29, 0.717) is 0 Å². The number of halogens is 1. The van der Waals surface area contributed by atoms with Gasteiger partial charge >= 0.3 is 0 Å². The molecule has 0 spiro atoms. The molecule has 1 aliphatic carbocycles. The number of benzene rings is 1. The minimum Gasteiger partial charge on any atom is -0.497 e. The van der Waals surface area contributed by atoms with Crippen LogP contribution in [0.5, 0.6) is 5.75 Å². The van der Waals surface area contributed by atoms with Crippen LogP contribution in [-0.2, 0) is 0 Å². The fourth-order valence-corrected chi connectivity index (χ4v) is 1.29. The smallest absolute Gasteiger partial charge is 0.119 e. The molecule has 0 amide bonds. The first-order valence-electron chi connectivity index (χ1n) is 4.76. The fraction of sp³-hybridized carbons (Fsp3) is 0.455. The Balaban J connectivity index is 0.000000980. The van der Waals surface area contributed by atoms with Gasteiger partial charge in [0.05, 0.1) is 7.11 Å². The molecule has 14 heavy (non-hydrogen) atoms. The standard InChI is InChI=1S/C11H15NO.ClH/c1-13-11-6-4-10(5-7-11)12-8-9-2-3-9;/h4-7,9,12H,2-3,8H2,1H3;1H. The van der Waals surface area contributed by atoms with Crippen molar-refractivity contribution in [2.45, 2.75) is 12.8 Å². The molecule has 78 valence electrons. The first-order chi connectivity index (χ1) is 6.38. The molecule has 0 atom stereocenters. The third kappa shape index (κ3) is 3.11. The van der Waals surface area contributed by atoms with Crippen molar-refractivity contribution in [3.05, 3.63) is 24.3 Å². The second-order valence-corrected chi connectivity index (χ2v) is 3.55. The third-order valence-electron chi connectivity index (χ3n) is 2.38. The van der Waals surface area contributed by atoms with Crippen molar-refractivity contribution in [3.8, 4) is 5.75 Å². The second-order valence-electron chi connectivity index (χ2n) is 3.55. The van der Waals surface area contributed by atoms with Crippen LogP contribution in [0.4, 0.5) is 5.69 Å². The van der Waals surface area contributed by atoms with Crippen LogP contribution in [0.25, 0.3) is 0 Å². The van der Waals surface area contributed by atoms with E-state index < -0.39 is 0 Å². The fourth-order valence-electron chi connectivity index (χ4n) is 1.29. The molecule has 1 fully saturated rings. The highest BCUT2D eigenvalue weighted by molar-refractivity contribution is 5.85. The van der Waals surface area contributed by atoms with Gasteiger partial charge in [0.1, 0.15) is 5.75 Å². The Morgan fingerprint density at radius 1 is 1.29 bits per heavy atom. The monoisotopic (exact) mass is 213 g/mol. The van der Waals surface area contributed by atoms with E-state index in [1.54, 1.807) is 7.11 Å². The van der Waals surface area contributed by atoms with Crippen LogP contribution in [0.1, 0.15) is 12.8 Å². The van der Waals surface area contributed by atoms with Gasteiger partial charge < -0.3 is 10.1 Å². The van der Waals surface area contributed by atoms with Gasteiger partial charge in [0, 0.05) is 12.2 Å². The van der Waals surface area contributed by atoms with E-state index in [9.17, 15) is 0 Å². The molecule has 0 radical (unpaired) electrons. The molecule has 0 heterocycles. The number of ether oxygens (including phenoxy) is 1. The highest BCUT2D eigenvalue weighted by Crippen LogP contribution is 2.29. The van der Waals surface area contributed by atoms with E-state index in [1.807, 2.05) is 12.1 Å². The Labute approximate surface area is 91.1 Å². The van der Waals surface area contributed by atoms with Gasteiger partial charge in [-0.05, 0) is 43.0 Å². The van der Waals surface area contributed by atoms with Crippen LogP contribution in [0, 0.1) is 5.92 Å². The van der Waals surface area contributed by atoms with Gasteiger partial charge in [0.2, 0.25) is 0 Å². The summed E-state index contributed by atoms with van der Waals surface area (Å²) < 4.78 is 5.08. The number of anilines is 1. The van der Waals surface area contributed by atoms with Gasteiger partial charge in [-0.1, -0.05) is 0 Å². The summed E-state index contributed by atoms with van der Waals surface area (Å²) in [5.74, 6) is 1.83. The summed E-state index contributed by atoms with van der Waals surface area (Å²) in [6.07, 6.45) is 2.78. The van der Waals surface area contributed by atoms with E-state index in [-0.39, 0.29) is 12.4 Å². The van der Waals surface area contributed by atoms with E-state index in [4.69, 9.17) is 4.74 Å². The largest absolute Gasteiger partial charge is 0.497 e. The number of rotatable bonds is 4. The van der Waals surface area contributed by atoms with Crippen molar-refractivity contribution >= 4 is 18.1 Å². The third-order valence-corrected chi connectivity index (χ3v) is 2.38. The highest BCUT2D eigenvalue weighted by Gasteiger charge is 2.20. The minimum absolute atomic E-state index is 0. The maximum absolute atomic E-state index is 5.08. The highest BCUT2D eigenvalue weighted by atomic mass is 35.5. The Kier molecular flexibility index (Phi) is 4.08. The lowest BCUT2D eigenvalue weighted by molar-refractivity contribution is 0.415. The van der Waals surface area contributed by atoms with E-state index in [0.717, 1.165) is 18.2 Å². The Hall–Kier alpha value is -0.890. The number of methoxy groups -OCH3 is 1. The van der Waals surface area contributed by atoms with Gasteiger partial charge in [0.15, 0.2) is 0 Å². The molecule has 0 saturated heterocycles. The van der Waals surface area contributed by atoms with Crippen LogP contribution in [0.3, 0.4) is 0 Å². The molecule has 1 aromatic rings. The Morgan fingerprint density at radius 2 is 1.93 bits per heavy atom. The number of nitrogens with one attached hydrogen (secondary N) is 1. The number of hydrogen-bond donors (Lipinski definition) is 1. The lowest BCUT2D eigenvalue weighted by atomic mass is 10.3. The van der Waals surface area contributed by atoms with Crippen molar-refractivity contribution in [3.63, 3.8) is 0 Å². The van der Waals surface area contributed by atoms with Crippen LogP contribution in [-0.4, -0.2) is 13.7 Å². The molecule has 1 saturated carbocycles. The van der Waals surface area contributed by atoms with Crippen molar-refractivity contribution in [1.82, 2.24) is 0 Å². The summed E-state index contributed by atoms with van der Waals surface area (Å²) in [7, 11) is 1.69. The molecule has 2 nitrogen and oxygen atoms in total. The first-order valence-corrected chi connectivity index (χ1v) is 4.76. The van der Waals surface area contributed by atoms with Crippen LogP contribution >= 0.6 is 12.4 Å². The molecule has 1 aliphatic rings. The van der Waals surface area contributed by atoms with Crippen LogP contribution in [0.15, 0.2) is 24.3 Å². The maximum Gasteiger partial charge on any atom is 0.119 e. The summed E-state index contributed by atoms with van der Waals surface area (Å²) >= 11 is 0. The minimum atomic E-state index is 0. The Morgan fingerprint density at radius 3 is 2.43 bits per heavy atom. The summed E-state index contributed by atoms with van der Waals surface area (Å²) in [5.41, 5.74) is 1.19. The number of hydrogen-bond acceptors (Lipinski definition) is 2. The molecule has 0 aliphatic heterocycles. The molecule has 0 unspecified atom stereocenters. The van der Waals surface area contributed by atoms with Crippen molar-refractivity contribution in [1.29, 1.82) is 0 Å². The maximum atomic E-state index is 5.08. The summed E-state index contributed by atoms with van der Waals surface area (Å²) in [5, 5.41) is 3.40. The van der Waals surface area contributed by atoms with Gasteiger partial charge in [-0.2, -0.15) is 0 Å². The molecular weight excluding hydrogens is 198 g/mol. The first kappa shape index (κ1) is 11.2. The van der Waals surface area contributed by atoms with E-state index >= 15 is 0 Å². The predicted molar refractivity (Wildman–Crippen MR) is 61.5 cm³/mol. The van der Waals surface area contributed by atoms with Crippen LogP contribution in [0.2, 0.25) is 0 Å². The normalized spacial score (nSPS) is 14.4. The zero-order valence-electron chi connectivity index (χ0n) is 8.32. The topological polar surface area (TPSA) is 21.3 Å². The van der Waals surface area contributed by atoms with Gasteiger partial charge in [-0.25, -0.2) is 0 Å². The second kappa shape index (κ2) is 5.11. The quantitative estimate of drug-likeness (QED) is 0.831. The summed E-state index contributed by atoms with van der Waals surface area (Å²) in [6.45, 7) is 1.12. The van der Waals surface area contributed by atoms with E-state index in [1.165, 1.54) is 18.5 Å². The van der Waals surface area contributed by atoms with E-state index in [2.05, 4.69) is 17.4 Å².